The number of carbonyl (C=O) groups excluding carboxylic acids is 1. The molecule has 1 aliphatic heterocycles. The highest BCUT2D eigenvalue weighted by atomic mass is 16.6. The Morgan fingerprint density at radius 2 is 1.91 bits per heavy atom. The van der Waals surface area contributed by atoms with E-state index in [-0.39, 0.29) is 6.09 Å². The highest BCUT2D eigenvalue weighted by Crippen LogP contribution is 2.12. The van der Waals surface area contributed by atoms with Crippen molar-refractivity contribution >= 4 is 6.09 Å². The van der Waals surface area contributed by atoms with Gasteiger partial charge in [0.05, 0.1) is 0 Å². The van der Waals surface area contributed by atoms with Gasteiger partial charge in [-0.1, -0.05) is 6.07 Å². The average molecular weight is 305 g/mol. The fourth-order valence-corrected chi connectivity index (χ4v) is 2.40. The molecule has 0 aromatic carbocycles. The number of aromatic nitrogens is 1. The lowest BCUT2D eigenvalue weighted by atomic mass is 10.2. The van der Waals surface area contributed by atoms with Crippen LogP contribution in [0.4, 0.5) is 4.79 Å². The number of amides is 1. The van der Waals surface area contributed by atoms with Gasteiger partial charge in [0, 0.05) is 51.0 Å². The predicted molar refractivity (Wildman–Crippen MR) is 86.9 cm³/mol. The van der Waals surface area contributed by atoms with Gasteiger partial charge in [0.2, 0.25) is 0 Å². The third-order valence-corrected chi connectivity index (χ3v) is 3.68. The van der Waals surface area contributed by atoms with Crippen LogP contribution >= 0.6 is 0 Å². The third-order valence-electron chi connectivity index (χ3n) is 3.68. The molecule has 0 N–H and O–H groups in total. The summed E-state index contributed by atoms with van der Waals surface area (Å²) in [7, 11) is 0. The smallest absolute Gasteiger partial charge is 0.410 e. The third kappa shape index (κ3) is 5.30. The molecule has 0 spiro atoms. The Kier molecular flexibility index (Phi) is 5.40. The Hall–Kier alpha value is -1.62. The van der Waals surface area contributed by atoms with E-state index in [1.54, 1.807) is 4.90 Å². The number of nitrogens with zero attached hydrogens (tertiary/aromatic N) is 3. The van der Waals surface area contributed by atoms with Crippen LogP contribution in [0.15, 0.2) is 18.3 Å². The van der Waals surface area contributed by atoms with Gasteiger partial charge < -0.3 is 9.64 Å². The van der Waals surface area contributed by atoms with Crippen molar-refractivity contribution in [3.8, 4) is 0 Å². The van der Waals surface area contributed by atoms with E-state index in [0.29, 0.717) is 0 Å². The van der Waals surface area contributed by atoms with Gasteiger partial charge in [-0.3, -0.25) is 9.88 Å². The van der Waals surface area contributed by atoms with Crippen LogP contribution in [0.1, 0.15) is 32.0 Å². The number of hydrogen-bond donors (Lipinski definition) is 0. The molecule has 0 aliphatic carbocycles. The molecule has 1 aromatic heterocycles. The molecule has 1 aromatic rings. The van der Waals surface area contributed by atoms with Gasteiger partial charge in [-0.25, -0.2) is 4.79 Å². The number of aryl methyl sites for hydroxylation is 1. The second-order valence-corrected chi connectivity index (χ2v) is 6.89. The van der Waals surface area contributed by atoms with Crippen molar-refractivity contribution < 1.29 is 9.53 Å². The van der Waals surface area contributed by atoms with Gasteiger partial charge in [0.15, 0.2) is 0 Å². The van der Waals surface area contributed by atoms with Crippen molar-refractivity contribution in [3.63, 3.8) is 0 Å². The number of hydrogen-bond acceptors (Lipinski definition) is 4. The van der Waals surface area contributed by atoms with Gasteiger partial charge in [-0.15, -0.1) is 0 Å². The second kappa shape index (κ2) is 7.09. The highest BCUT2D eigenvalue weighted by Gasteiger charge is 2.25. The van der Waals surface area contributed by atoms with Crippen molar-refractivity contribution in [2.75, 3.05) is 32.7 Å². The zero-order valence-corrected chi connectivity index (χ0v) is 14.1. The number of ether oxygens (including phenoxy) is 1. The van der Waals surface area contributed by atoms with Crippen LogP contribution < -0.4 is 0 Å². The maximum Gasteiger partial charge on any atom is 0.410 e. The Bertz CT molecular complexity index is 486. The molecule has 0 atom stereocenters. The topological polar surface area (TPSA) is 45.7 Å². The molecule has 5 heteroatoms. The van der Waals surface area contributed by atoms with Crippen molar-refractivity contribution in [3.05, 3.63) is 29.6 Å². The van der Waals surface area contributed by atoms with Crippen LogP contribution in [-0.2, 0) is 11.2 Å². The van der Waals surface area contributed by atoms with Gasteiger partial charge in [0.1, 0.15) is 5.60 Å². The van der Waals surface area contributed by atoms with Crippen LogP contribution in [-0.4, -0.2) is 59.2 Å². The molecule has 0 unspecified atom stereocenters. The van der Waals surface area contributed by atoms with Gasteiger partial charge >= 0.3 is 6.09 Å². The molecular formula is C17H27N3O2. The van der Waals surface area contributed by atoms with Crippen molar-refractivity contribution in [2.45, 2.75) is 39.7 Å². The van der Waals surface area contributed by atoms with E-state index in [2.05, 4.69) is 22.0 Å². The Labute approximate surface area is 133 Å². The molecule has 122 valence electrons. The number of pyridine rings is 1. The molecule has 2 rings (SSSR count). The van der Waals surface area contributed by atoms with E-state index in [9.17, 15) is 4.79 Å². The van der Waals surface area contributed by atoms with E-state index < -0.39 is 5.60 Å². The van der Waals surface area contributed by atoms with Crippen molar-refractivity contribution in [2.24, 2.45) is 0 Å². The summed E-state index contributed by atoms with van der Waals surface area (Å²) in [4.78, 5) is 20.6. The van der Waals surface area contributed by atoms with Gasteiger partial charge in [0.25, 0.3) is 0 Å². The molecule has 1 amide bonds. The standard InChI is InChI=1S/C17H27N3O2/c1-14-5-6-15(18-13-14)7-8-19-9-11-20(12-10-19)16(21)22-17(2,3)4/h5-6,13H,7-12H2,1-4H3. The summed E-state index contributed by atoms with van der Waals surface area (Å²) >= 11 is 0. The lowest BCUT2D eigenvalue weighted by Crippen LogP contribution is -2.50. The summed E-state index contributed by atoms with van der Waals surface area (Å²) in [5.74, 6) is 0. The van der Waals surface area contributed by atoms with Gasteiger partial charge in [-0.05, 0) is 39.3 Å². The first-order valence-electron chi connectivity index (χ1n) is 7.95. The summed E-state index contributed by atoms with van der Waals surface area (Å²) in [6.45, 7) is 12.0. The summed E-state index contributed by atoms with van der Waals surface area (Å²) in [5.41, 5.74) is 1.89. The summed E-state index contributed by atoms with van der Waals surface area (Å²) < 4.78 is 5.41. The number of carbonyl (C=O) groups is 1. The van der Waals surface area contributed by atoms with Crippen molar-refractivity contribution in [1.29, 1.82) is 0 Å². The minimum atomic E-state index is -0.425. The Morgan fingerprint density at radius 1 is 1.23 bits per heavy atom. The van der Waals surface area contributed by atoms with E-state index in [4.69, 9.17) is 4.74 Å². The molecule has 0 radical (unpaired) electrons. The fourth-order valence-electron chi connectivity index (χ4n) is 2.40. The monoisotopic (exact) mass is 305 g/mol. The van der Waals surface area contributed by atoms with E-state index in [1.165, 1.54) is 5.56 Å². The average Bonchev–Trinajstić information content (AvgIpc) is 2.45. The molecule has 0 saturated carbocycles. The lowest BCUT2D eigenvalue weighted by molar-refractivity contribution is 0.0146. The van der Waals surface area contributed by atoms with Crippen LogP contribution in [0, 0.1) is 6.92 Å². The van der Waals surface area contributed by atoms with Crippen LogP contribution in [0.3, 0.4) is 0 Å². The predicted octanol–water partition coefficient (Wildman–Crippen LogP) is 2.49. The zero-order valence-electron chi connectivity index (χ0n) is 14.1. The summed E-state index contributed by atoms with van der Waals surface area (Å²) in [5, 5.41) is 0. The molecule has 1 aliphatic rings. The minimum Gasteiger partial charge on any atom is -0.444 e. The molecule has 2 heterocycles. The first-order chi connectivity index (χ1) is 10.3. The first kappa shape index (κ1) is 16.7. The van der Waals surface area contributed by atoms with Crippen LogP contribution in [0.5, 0.6) is 0 Å². The Balaban J connectivity index is 1.73. The SMILES string of the molecule is Cc1ccc(CCN2CCN(C(=O)OC(C)(C)C)CC2)nc1. The molecule has 1 fully saturated rings. The number of piperazine rings is 1. The molecule has 5 nitrogen and oxygen atoms in total. The quantitative estimate of drug-likeness (QED) is 0.860. The van der Waals surface area contributed by atoms with E-state index in [0.717, 1.165) is 44.8 Å². The second-order valence-electron chi connectivity index (χ2n) is 6.89. The summed E-state index contributed by atoms with van der Waals surface area (Å²) in [6, 6.07) is 4.19. The largest absolute Gasteiger partial charge is 0.444 e. The zero-order chi connectivity index (χ0) is 16.2. The van der Waals surface area contributed by atoms with E-state index >= 15 is 0 Å². The van der Waals surface area contributed by atoms with Crippen LogP contribution in [0.2, 0.25) is 0 Å². The van der Waals surface area contributed by atoms with Gasteiger partial charge in [-0.2, -0.15) is 0 Å². The number of rotatable bonds is 3. The van der Waals surface area contributed by atoms with Crippen molar-refractivity contribution in [1.82, 2.24) is 14.8 Å². The molecule has 0 bridgehead atoms. The minimum absolute atomic E-state index is 0.202. The normalized spacial score (nSPS) is 16.6. The van der Waals surface area contributed by atoms with Crippen LogP contribution in [0.25, 0.3) is 0 Å². The molecular weight excluding hydrogens is 278 g/mol. The Morgan fingerprint density at radius 3 is 2.45 bits per heavy atom. The fraction of sp³-hybridized carbons (Fsp3) is 0.647. The summed E-state index contributed by atoms with van der Waals surface area (Å²) in [6.07, 6.45) is 2.66. The maximum atomic E-state index is 12.0. The maximum absolute atomic E-state index is 12.0. The highest BCUT2D eigenvalue weighted by molar-refractivity contribution is 5.68. The lowest BCUT2D eigenvalue weighted by Gasteiger charge is -2.35. The molecule has 1 saturated heterocycles. The molecule has 22 heavy (non-hydrogen) atoms. The first-order valence-corrected chi connectivity index (χ1v) is 7.95. The van der Waals surface area contributed by atoms with E-state index in [1.807, 2.05) is 33.9 Å².